The average Bonchev–Trinajstić information content (AvgIpc) is 2.04. The van der Waals surface area contributed by atoms with Crippen LogP contribution in [-0.2, 0) is 4.79 Å². The van der Waals surface area contributed by atoms with E-state index in [9.17, 15) is 4.79 Å². The monoisotopic (exact) mass is 159 g/mol. The Labute approximate surface area is 67.5 Å². The number of hydrogen-bond donors (Lipinski definition) is 3. The molecule has 0 aromatic rings. The highest BCUT2D eigenvalue weighted by Gasteiger charge is 1.93. The van der Waals surface area contributed by atoms with Crippen molar-refractivity contribution in [2.24, 2.45) is 5.73 Å². The van der Waals surface area contributed by atoms with Crippen LogP contribution in [0.25, 0.3) is 0 Å². The van der Waals surface area contributed by atoms with Gasteiger partial charge in [-0.05, 0) is 0 Å². The molecule has 0 rings (SSSR count). The van der Waals surface area contributed by atoms with Crippen LogP contribution in [0.5, 0.6) is 0 Å². The molecule has 0 aliphatic carbocycles. The van der Waals surface area contributed by atoms with E-state index in [2.05, 4.69) is 10.6 Å². The summed E-state index contributed by atoms with van der Waals surface area (Å²) in [6, 6.07) is 0. The van der Waals surface area contributed by atoms with Crippen molar-refractivity contribution in [2.75, 3.05) is 26.2 Å². The highest BCUT2D eigenvalue weighted by molar-refractivity contribution is 5.75. The van der Waals surface area contributed by atoms with Crippen LogP contribution < -0.4 is 16.4 Å². The Balaban J connectivity index is 2.95. The Morgan fingerprint density at radius 1 is 1.36 bits per heavy atom. The predicted octanol–water partition coefficient (Wildman–Crippen LogP) is -0.939. The largest absolute Gasteiger partial charge is 0.355 e. The van der Waals surface area contributed by atoms with Crippen LogP contribution in [-0.4, -0.2) is 32.1 Å². The molecule has 0 saturated heterocycles. The molecule has 0 fully saturated rings. The molecule has 0 radical (unpaired) electrons. The molecule has 4 nitrogen and oxygen atoms in total. The Morgan fingerprint density at radius 3 is 2.64 bits per heavy atom. The molecule has 0 heterocycles. The van der Waals surface area contributed by atoms with Crippen molar-refractivity contribution >= 4 is 5.91 Å². The minimum atomic E-state index is 0.0968. The van der Waals surface area contributed by atoms with E-state index in [0.29, 0.717) is 19.5 Å². The van der Waals surface area contributed by atoms with Gasteiger partial charge in [0.1, 0.15) is 0 Å². The van der Waals surface area contributed by atoms with E-state index < -0.39 is 0 Å². The fraction of sp³-hybridized carbons (Fsp3) is 0.857. The van der Waals surface area contributed by atoms with Crippen LogP contribution in [0.1, 0.15) is 13.3 Å². The van der Waals surface area contributed by atoms with Crippen molar-refractivity contribution < 1.29 is 4.79 Å². The zero-order valence-corrected chi connectivity index (χ0v) is 7.02. The molecule has 0 aromatic heterocycles. The molecular formula is C7H17N3O. The molecule has 0 unspecified atom stereocenters. The lowest BCUT2D eigenvalue weighted by atomic mass is 10.4. The maximum absolute atomic E-state index is 10.7. The van der Waals surface area contributed by atoms with Gasteiger partial charge in [-0.25, -0.2) is 0 Å². The van der Waals surface area contributed by atoms with E-state index in [0.717, 1.165) is 13.1 Å². The molecular weight excluding hydrogens is 142 g/mol. The highest BCUT2D eigenvalue weighted by atomic mass is 16.1. The maximum Gasteiger partial charge on any atom is 0.219 e. The number of hydrogen-bond acceptors (Lipinski definition) is 3. The molecule has 4 heteroatoms. The fourth-order valence-corrected chi connectivity index (χ4v) is 0.642. The highest BCUT2D eigenvalue weighted by Crippen LogP contribution is 1.72. The third-order valence-electron chi connectivity index (χ3n) is 1.27. The maximum atomic E-state index is 10.7. The lowest BCUT2D eigenvalue weighted by Gasteiger charge is -2.03. The second-order valence-electron chi connectivity index (χ2n) is 2.24. The van der Waals surface area contributed by atoms with E-state index in [1.54, 1.807) is 0 Å². The molecule has 0 aliphatic rings. The van der Waals surface area contributed by atoms with Gasteiger partial charge in [-0.15, -0.1) is 0 Å². The van der Waals surface area contributed by atoms with Gasteiger partial charge in [0.15, 0.2) is 0 Å². The van der Waals surface area contributed by atoms with Crippen molar-refractivity contribution in [3.05, 3.63) is 0 Å². The Kier molecular flexibility index (Phi) is 7.08. The topological polar surface area (TPSA) is 67.2 Å². The van der Waals surface area contributed by atoms with Crippen molar-refractivity contribution in [3.63, 3.8) is 0 Å². The van der Waals surface area contributed by atoms with Gasteiger partial charge >= 0.3 is 0 Å². The van der Waals surface area contributed by atoms with E-state index in [-0.39, 0.29) is 5.91 Å². The van der Waals surface area contributed by atoms with Crippen molar-refractivity contribution in [1.82, 2.24) is 10.6 Å². The Bertz CT molecular complexity index is 106. The normalized spacial score (nSPS) is 9.64. The molecule has 11 heavy (non-hydrogen) atoms. The van der Waals surface area contributed by atoms with Crippen LogP contribution in [0.4, 0.5) is 0 Å². The summed E-state index contributed by atoms with van der Waals surface area (Å²) in [5.41, 5.74) is 5.25. The van der Waals surface area contributed by atoms with E-state index in [4.69, 9.17) is 5.73 Å². The summed E-state index contributed by atoms with van der Waals surface area (Å²) in [5, 5.41) is 5.82. The van der Waals surface area contributed by atoms with Crippen LogP contribution in [0.15, 0.2) is 0 Å². The van der Waals surface area contributed by atoms with Crippen molar-refractivity contribution in [1.29, 1.82) is 0 Å². The standard InChI is InChI=1S/C7H17N3O/c1-2-7(11)10-6-5-9-4-3-8/h9H,2-6,8H2,1H3,(H,10,11). The Hall–Kier alpha value is -0.610. The average molecular weight is 159 g/mol. The lowest BCUT2D eigenvalue weighted by Crippen LogP contribution is -2.33. The van der Waals surface area contributed by atoms with E-state index in [1.165, 1.54) is 0 Å². The minimum absolute atomic E-state index is 0.0968. The quantitative estimate of drug-likeness (QED) is 0.438. The summed E-state index contributed by atoms with van der Waals surface area (Å²) in [4.78, 5) is 10.7. The molecule has 0 bridgehead atoms. The summed E-state index contributed by atoms with van der Waals surface area (Å²) in [6.07, 6.45) is 0.552. The number of carbonyl (C=O) groups is 1. The summed E-state index contributed by atoms with van der Waals surface area (Å²) in [5.74, 6) is 0.0968. The van der Waals surface area contributed by atoms with Gasteiger partial charge in [0.25, 0.3) is 0 Å². The molecule has 0 aromatic carbocycles. The molecule has 66 valence electrons. The van der Waals surface area contributed by atoms with Gasteiger partial charge < -0.3 is 16.4 Å². The Morgan fingerprint density at radius 2 is 2.09 bits per heavy atom. The zero-order chi connectivity index (χ0) is 8.53. The third-order valence-corrected chi connectivity index (χ3v) is 1.27. The van der Waals surface area contributed by atoms with Crippen molar-refractivity contribution in [2.45, 2.75) is 13.3 Å². The lowest BCUT2D eigenvalue weighted by molar-refractivity contribution is -0.120. The zero-order valence-electron chi connectivity index (χ0n) is 7.02. The van der Waals surface area contributed by atoms with Crippen LogP contribution in [0.2, 0.25) is 0 Å². The van der Waals surface area contributed by atoms with Gasteiger partial charge in [0, 0.05) is 32.6 Å². The molecule has 1 amide bonds. The molecule has 0 aliphatic heterocycles. The smallest absolute Gasteiger partial charge is 0.219 e. The van der Waals surface area contributed by atoms with Gasteiger partial charge in [0.05, 0.1) is 0 Å². The van der Waals surface area contributed by atoms with E-state index >= 15 is 0 Å². The minimum Gasteiger partial charge on any atom is -0.355 e. The summed E-state index contributed by atoms with van der Waals surface area (Å²) < 4.78 is 0. The fourth-order valence-electron chi connectivity index (χ4n) is 0.642. The first-order valence-corrected chi connectivity index (χ1v) is 3.98. The number of amides is 1. The van der Waals surface area contributed by atoms with Gasteiger partial charge in [-0.3, -0.25) is 4.79 Å². The molecule has 0 spiro atoms. The molecule has 0 saturated carbocycles. The van der Waals surface area contributed by atoms with Crippen LogP contribution in [0, 0.1) is 0 Å². The molecule has 4 N–H and O–H groups in total. The number of nitrogens with two attached hydrogens (primary N) is 1. The second kappa shape index (κ2) is 7.50. The SMILES string of the molecule is CCC(=O)NCCNCCN. The summed E-state index contributed by atoms with van der Waals surface area (Å²) in [6.45, 7) is 4.77. The molecule has 0 atom stereocenters. The second-order valence-corrected chi connectivity index (χ2v) is 2.24. The first-order chi connectivity index (χ1) is 5.31. The van der Waals surface area contributed by atoms with Crippen molar-refractivity contribution in [3.8, 4) is 0 Å². The predicted molar refractivity (Wildman–Crippen MR) is 45.2 cm³/mol. The third kappa shape index (κ3) is 7.29. The van der Waals surface area contributed by atoms with Gasteiger partial charge in [-0.1, -0.05) is 6.92 Å². The van der Waals surface area contributed by atoms with Gasteiger partial charge in [-0.2, -0.15) is 0 Å². The first-order valence-electron chi connectivity index (χ1n) is 3.98. The van der Waals surface area contributed by atoms with Crippen LogP contribution >= 0.6 is 0 Å². The van der Waals surface area contributed by atoms with Crippen LogP contribution in [0.3, 0.4) is 0 Å². The number of carbonyl (C=O) groups excluding carboxylic acids is 1. The summed E-state index contributed by atoms with van der Waals surface area (Å²) >= 11 is 0. The van der Waals surface area contributed by atoms with Gasteiger partial charge in [0.2, 0.25) is 5.91 Å². The number of nitrogens with one attached hydrogen (secondary N) is 2. The number of rotatable bonds is 6. The van der Waals surface area contributed by atoms with E-state index in [1.807, 2.05) is 6.92 Å². The first kappa shape index (κ1) is 10.4. The summed E-state index contributed by atoms with van der Waals surface area (Å²) in [7, 11) is 0.